The molecule has 0 amide bonds. The Kier molecular flexibility index (Phi) is 3.21. The number of fused-ring (bicyclic) bond motifs is 3. The summed E-state index contributed by atoms with van der Waals surface area (Å²) in [6, 6.07) is 7.89. The van der Waals surface area contributed by atoms with Gasteiger partial charge in [-0.2, -0.15) is 10.2 Å². The van der Waals surface area contributed by atoms with Crippen molar-refractivity contribution in [3.05, 3.63) is 61.1 Å². The molecule has 0 saturated heterocycles. The molecule has 4 aromatic heterocycles. The highest BCUT2D eigenvalue weighted by atomic mass is 15.3. The molecular formula is C18H16N8. The summed E-state index contributed by atoms with van der Waals surface area (Å²) >= 11 is 0. The number of nitrogen functional groups attached to an aromatic ring is 1. The van der Waals surface area contributed by atoms with Crippen molar-refractivity contribution in [3.8, 4) is 5.69 Å². The van der Waals surface area contributed by atoms with Gasteiger partial charge in [-0.1, -0.05) is 0 Å². The molecule has 5 aromatic rings. The van der Waals surface area contributed by atoms with Crippen LogP contribution in [0, 0.1) is 0 Å². The van der Waals surface area contributed by atoms with Crippen LogP contribution in [0.3, 0.4) is 0 Å². The van der Waals surface area contributed by atoms with E-state index in [0.29, 0.717) is 5.82 Å². The van der Waals surface area contributed by atoms with Crippen molar-refractivity contribution in [3.63, 3.8) is 0 Å². The van der Waals surface area contributed by atoms with Gasteiger partial charge in [0.2, 0.25) is 0 Å². The van der Waals surface area contributed by atoms with Crippen LogP contribution in [0.25, 0.3) is 27.5 Å². The minimum atomic E-state index is 0.484. The second kappa shape index (κ2) is 5.69. The normalized spacial score (nSPS) is 11.5. The standard InChI is InChI=1S/C18H16N8/c19-18-15-10-25(7-4-12-9-20-11-21-12)24-17(15)14-3-2-13(8-16(14)23-18)26-6-1-5-22-26/h1-3,5-6,8-11H,4,7H2,(H2,19,23)(H,20,21). The number of aromatic nitrogens is 7. The Balaban J connectivity index is 1.58. The molecule has 8 heteroatoms. The molecule has 1 aromatic carbocycles. The van der Waals surface area contributed by atoms with E-state index in [4.69, 9.17) is 10.8 Å². The minimum absolute atomic E-state index is 0.484. The number of aryl methyl sites for hydroxylation is 2. The Hall–Kier alpha value is -3.68. The smallest absolute Gasteiger partial charge is 0.135 e. The van der Waals surface area contributed by atoms with E-state index in [2.05, 4.69) is 20.1 Å². The molecule has 5 rings (SSSR count). The number of anilines is 1. The number of rotatable bonds is 4. The Morgan fingerprint density at radius 1 is 1.19 bits per heavy atom. The molecule has 0 unspecified atom stereocenters. The average molecular weight is 344 g/mol. The second-order valence-electron chi connectivity index (χ2n) is 6.13. The number of hydrogen-bond donors (Lipinski definition) is 2. The summed E-state index contributed by atoms with van der Waals surface area (Å²) in [4.78, 5) is 11.7. The minimum Gasteiger partial charge on any atom is -0.383 e. The summed E-state index contributed by atoms with van der Waals surface area (Å²) in [6.07, 6.45) is 9.92. The summed E-state index contributed by atoms with van der Waals surface area (Å²) in [5.41, 5.74) is 9.88. The highest BCUT2D eigenvalue weighted by Crippen LogP contribution is 2.28. The summed E-state index contributed by atoms with van der Waals surface area (Å²) < 4.78 is 3.70. The zero-order valence-electron chi connectivity index (χ0n) is 13.9. The van der Waals surface area contributed by atoms with Crippen LogP contribution in [0.1, 0.15) is 5.69 Å². The van der Waals surface area contributed by atoms with Crippen molar-refractivity contribution in [1.82, 2.24) is 34.5 Å². The quantitative estimate of drug-likeness (QED) is 0.521. The molecule has 0 bridgehead atoms. The van der Waals surface area contributed by atoms with Gasteiger partial charge in [0.1, 0.15) is 11.3 Å². The zero-order valence-corrected chi connectivity index (χ0v) is 13.9. The van der Waals surface area contributed by atoms with Gasteiger partial charge in [-0.3, -0.25) is 4.68 Å². The maximum Gasteiger partial charge on any atom is 0.135 e. The second-order valence-corrected chi connectivity index (χ2v) is 6.13. The van der Waals surface area contributed by atoms with E-state index < -0.39 is 0 Å². The lowest BCUT2D eigenvalue weighted by atomic mass is 10.1. The van der Waals surface area contributed by atoms with E-state index in [9.17, 15) is 0 Å². The maximum atomic E-state index is 6.19. The number of nitrogens with zero attached hydrogens (tertiary/aromatic N) is 6. The number of H-pyrrole nitrogens is 1. The largest absolute Gasteiger partial charge is 0.383 e. The van der Waals surface area contributed by atoms with Crippen LogP contribution in [0.4, 0.5) is 5.82 Å². The maximum absolute atomic E-state index is 6.19. The molecular weight excluding hydrogens is 328 g/mol. The third kappa shape index (κ3) is 2.39. The van der Waals surface area contributed by atoms with Crippen molar-refractivity contribution in [1.29, 1.82) is 0 Å². The van der Waals surface area contributed by atoms with Gasteiger partial charge >= 0.3 is 0 Å². The lowest BCUT2D eigenvalue weighted by Gasteiger charge is -2.05. The molecule has 0 radical (unpaired) electrons. The fourth-order valence-corrected chi connectivity index (χ4v) is 3.15. The lowest BCUT2D eigenvalue weighted by molar-refractivity contribution is 0.616. The van der Waals surface area contributed by atoms with Gasteiger partial charge < -0.3 is 10.7 Å². The Morgan fingerprint density at radius 3 is 2.96 bits per heavy atom. The van der Waals surface area contributed by atoms with Crippen molar-refractivity contribution in [2.45, 2.75) is 13.0 Å². The van der Waals surface area contributed by atoms with Gasteiger partial charge in [-0.05, 0) is 24.3 Å². The van der Waals surface area contributed by atoms with Gasteiger partial charge in [0, 0.05) is 48.8 Å². The van der Waals surface area contributed by atoms with E-state index in [0.717, 1.165) is 46.2 Å². The number of pyridine rings is 1. The molecule has 0 aliphatic carbocycles. The van der Waals surface area contributed by atoms with Crippen LogP contribution in [0.15, 0.2) is 55.4 Å². The molecule has 0 aliphatic heterocycles. The number of imidazole rings is 1. The van der Waals surface area contributed by atoms with Crippen LogP contribution < -0.4 is 5.73 Å². The SMILES string of the molecule is Nc1nc2cc(-n3cccn3)ccc2c2nn(CCc3cnc[nH]3)cc12. The molecule has 4 heterocycles. The molecule has 0 spiro atoms. The summed E-state index contributed by atoms with van der Waals surface area (Å²) in [6.45, 7) is 0.739. The van der Waals surface area contributed by atoms with Gasteiger partial charge in [0.05, 0.1) is 22.9 Å². The van der Waals surface area contributed by atoms with Crippen molar-refractivity contribution in [2.24, 2.45) is 0 Å². The average Bonchev–Trinajstić information content (AvgIpc) is 3.40. The zero-order chi connectivity index (χ0) is 17.5. The summed E-state index contributed by atoms with van der Waals surface area (Å²) in [5, 5.41) is 10.8. The topological polar surface area (TPSA) is 103 Å². The van der Waals surface area contributed by atoms with Crippen LogP contribution in [-0.4, -0.2) is 34.5 Å². The molecule has 128 valence electrons. The third-order valence-corrected chi connectivity index (χ3v) is 4.45. The summed E-state index contributed by atoms with van der Waals surface area (Å²) in [7, 11) is 0. The van der Waals surface area contributed by atoms with Crippen molar-refractivity contribution in [2.75, 3.05) is 5.73 Å². The predicted octanol–water partition coefficient (Wildman–Crippen LogP) is 2.32. The van der Waals surface area contributed by atoms with Crippen molar-refractivity contribution >= 4 is 27.6 Å². The Labute approximate surface area is 148 Å². The van der Waals surface area contributed by atoms with Gasteiger partial charge in [-0.15, -0.1) is 0 Å². The molecule has 0 fully saturated rings. The monoisotopic (exact) mass is 344 g/mol. The van der Waals surface area contributed by atoms with Gasteiger partial charge in [0.15, 0.2) is 0 Å². The predicted molar refractivity (Wildman–Crippen MR) is 98.9 cm³/mol. The highest BCUT2D eigenvalue weighted by Gasteiger charge is 2.12. The number of nitrogens with two attached hydrogens (primary N) is 1. The fraction of sp³-hybridized carbons (Fsp3) is 0.111. The molecule has 0 aliphatic rings. The molecule has 3 N–H and O–H groups in total. The summed E-state index contributed by atoms with van der Waals surface area (Å²) in [5.74, 6) is 0.484. The van der Waals surface area contributed by atoms with Crippen LogP contribution in [0.5, 0.6) is 0 Å². The Morgan fingerprint density at radius 2 is 2.15 bits per heavy atom. The van der Waals surface area contributed by atoms with E-state index >= 15 is 0 Å². The highest BCUT2D eigenvalue weighted by molar-refractivity contribution is 6.07. The molecule has 0 atom stereocenters. The first-order chi connectivity index (χ1) is 12.8. The van der Waals surface area contributed by atoms with E-state index in [1.54, 1.807) is 17.2 Å². The van der Waals surface area contributed by atoms with Crippen LogP contribution in [-0.2, 0) is 13.0 Å². The number of nitrogens with one attached hydrogen (secondary N) is 1. The molecule has 26 heavy (non-hydrogen) atoms. The Bertz CT molecular complexity index is 1190. The first-order valence-corrected chi connectivity index (χ1v) is 8.31. The van der Waals surface area contributed by atoms with Gasteiger partial charge in [-0.25, -0.2) is 14.6 Å². The number of aromatic amines is 1. The fourth-order valence-electron chi connectivity index (χ4n) is 3.15. The molecule has 8 nitrogen and oxygen atoms in total. The third-order valence-electron chi connectivity index (χ3n) is 4.45. The van der Waals surface area contributed by atoms with E-state index in [1.165, 1.54) is 0 Å². The van der Waals surface area contributed by atoms with Crippen LogP contribution >= 0.6 is 0 Å². The first-order valence-electron chi connectivity index (χ1n) is 8.31. The first kappa shape index (κ1) is 14.6. The lowest BCUT2D eigenvalue weighted by Crippen LogP contribution is -2.01. The number of benzene rings is 1. The van der Waals surface area contributed by atoms with Crippen molar-refractivity contribution < 1.29 is 0 Å². The number of hydrogen-bond acceptors (Lipinski definition) is 5. The van der Waals surface area contributed by atoms with E-state index in [1.807, 2.05) is 47.5 Å². The van der Waals surface area contributed by atoms with E-state index in [-0.39, 0.29) is 0 Å². The van der Waals surface area contributed by atoms with Crippen LogP contribution in [0.2, 0.25) is 0 Å². The van der Waals surface area contributed by atoms with Gasteiger partial charge in [0.25, 0.3) is 0 Å². The molecule has 0 saturated carbocycles.